The number of aromatic amines is 1. The third-order valence-corrected chi connectivity index (χ3v) is 5.69. The molecule has 2 aromatic carbocycles. The molecule has 9 nitrogen and oxygen atoms in total. The molecule has 0 aliphatic heterocycles. The molecule has 0 aliphatic carbocycles. The van der Waals surface area contributed by atoms with E-state index >= 15 is 0 Å². The lowest BCUT2D eigenvalue weighted by molar-refractivity contribution is -0.116. The van der Waals surface area contributed by atoms with Crippen LogP contribution in [0.25, 0.3) is 5.78 Å². The third-order valence-electron chi connectivity index (χ3n) is 5.44. The SMILES string of the molecule is Cc1nc2nc(NCc3ccc(Cl)cc3)[nH]n2c(=O)c1CCC(=O)Nc1ccc(N(C)C)cc1. The third kappa shape index (κ3) is 5.37. The van der Waals surface area contributed by atoms with E-state index in [2.05, 4.69) is 25.7 Å². The van der Waals surface area contributed by atoms with Gasteiger partial charge in [0.1, 0.15) is 0 Å². The summed E-state index contributed by atoms with van der Waals surface area (Å²) in [5.41, 5.74) is 3.54. The van der Waals surface area contributed by atoms with Gasteiger partial charge in [0, 0.05) is 49.0 Å². The van der Waals surface area contributed by atoms with Gasteiger partial charge in [-0.25, -0.2) is 4.98 Å². The van der Waals surface area contributed by atoms with E-state index in [1.807, 2.05) is 67.5 Å². The van der Waals surface area contributed by atoms with Gasteiger partial charge in [-0.15, -0.1) is 0 Å². The Hall–Kier alpha value is -3.85. The van der Waals surface area contributed by atoms with Gasteiger partial charge in [-0.3, -0.25) is 14.7 Å². The fourth-order valence-electron chi connectivity index (χ4n) is 3.51. The molecular weight excluding hydrogens is 454 g/mol. The van der Waals surface area contributed by atoms with Crippen LogP contribution in [0.5, 0.6) is 0 Å². The van der Waals surface area contributed by atoms with Crippen LogP contribution in [0.1, 0.15) is 23.2 Å². The van der Waals surface area contributed by atoms with Crippen LogP contribution in [-0.4, -0.2) is 39.6 Å². The average molecular weight is 480 g/mol. The van der Waals surface area contributed by atoms with Crippen LogP contribution < -0.4 is 21.1 Å². The largest absolute Gasteiger partial charge is 0.378 e. The van der Waals surface area contributed by atoms with Crippen LogP contribution in [0.2, 0.25) is 5.02 Å². The van der Waals surface area contributed by atoms with E-state index in [9.17, 15) is 9.59 Å². The lowest BCUT2D eigenvalue weighted by Gasteiger charge is -2.13. The topological polar surface area (TPSA) is 107 Å². The van der Waals surface area contributed by atoms with Gasteiger partial charge in [0.15, 0.2) is 0 Å². The van der Waals surface area contributed by atoms with E-state index < -0.39 is 0 Å². The fraction of sp³-hybridized carbons (Fsp3) is 0.250. The molecule has 0 fully saturated rings. The van der Waals surface area contributed by atoms with E-state index in [1.165, 1.54) is 4.52 Å². The van der Waals surface area contributed by atoms with Crippen LogP contribution in [0.3, 0.4) is 0 Å². The maximum atomic E-state index is 13.0. The summed E-state index contributed by atoms with van der Waals surface area (Å²) in [6.07, 6.45) is 0.434. The second-order valence-electron chi connectivity index (χ2n) is 8.16. The molecule has 0 aliphatic rings. The average Bonchev–Trinajstić information content (AvgIpc) is 3.22. The van der Waals surface area contributed by atoms with Crippen LogP contribution in [0.15, 0.2) is 53.3 Å². The van der Waals surface area contributed by atoms with Crippen LogP contribution >= 0.6 is 11.6 Å². The number of rotatable bonds is 8. The molecule has 0 bridgehead atoms. The highest BCUT2D eigenvalue weighted by Crippen LogP contribution is 2.16. The Balaban J connectivity index is 1.42. The highest BCUT2D eigenvalue weighted by Gasteiger charge is 2.15. The number of benzene rings is 2. The van der Waals surface area contributed by atoms with Gasteiger partial charge in [-0.05, 0) is 55.3 Å². The molecule has 2 aromatic heterocycles. The summed E-state index contributed by atoms with van der Waals surface area (Å²) < 4.78 is 1.30. The second kappa shape index (κ2) is 9.96. The van der Waals surface area contributed by atoms with E-state index in [4.69, 9.17) is 11.6 Å². The number of nitrogens with one attached hydrogen (secondary N) is 3. The van der Waals surface area contributed by atoms with Crippen molar-refractivity contribution in [3.8, 4) is 0 Å². The predicted molar refractivity (Wildman–Crippen MR) is 135 cm³/mol. The van der Waals surface area contributed by atoms with Crippen molar-refractivity contribution in [1.82, 2.24) is 19.6 Å². The summed E-state index contributed by atoms with van der Waals surface area (Å²) in [7, 11) is 3.91. The number of carbonyl (C=O) groups is 1. The summed E-state index contributed by atoms with van der Waals surface area (Å²) >= 11 is 5.92. The van der Waals surface area contributed by atoms with E-state index in [1.54, 1.807) is 6.92 Å². The minimum atomic E-state index is -0.266. The zero-order chi connectivity index (χ0) is 24.2. The number of hydrogen-bond donors (Lipinski definition) is 3. The first-order chi connectivity index (χ1) is 16.3. The molecule has 0 saturated carbocycles. The number of halogens is 1. The molecule has 0 atom stereocenters. The van der Waals surface area contributed by atoms with Crippen molar-refractivity contribution in [1.29, 1.82) is 0 Å². The molecule has 0 unspecified atom stereocenters. The van der Waals surface area contributed by atoms with Crippen molar-refractivity contribution >= 4 is 40.6 Å². The summed E-state index contributed by atoms with van der Waals surface area (Å²) in [4.78, 5) is 36.2. The van der Waals surface area contributed by atoms with E-state index in [0.29, 0.717) is 34.5 Å². The van der Waals surface area contributed by atoms with Crippen molar-refractivity contribution in [2.75, 3.05) is 29.6 Å². The molecule has 4 aromatic rings. The highest BCUT2D eigenvalue weighted by molar-refractivity contribution is 6.30. The monoisotopic (exact) mass is 479 g/mol. The molecule has 4 rings (SSSR count). The quantitative estimate of drug-likeness (QED) is 0.356. The number of H-pyrrole nitrogens is 1. The molecule has 0 saturated heterocycles. The summed E-state index contributed by atoms with van der Waals surface area (Å²) in [6, 6.07) is 15.0. The number of anilines is 3. The van der Waals surface area contributed by atoms with Gasteiger partial charge < -0.3 is 15.5 Å². The fourth-order valence-corrected chi connectivity index (χ4v) is 3.64. The van der Waals surface area contributed by atoms with Crippen molar-refractivity contribution in [3.05, 3.63) is 80.7 Å². The lowest BCUT2D eigenvalue weighted by Crippen LogP contribution is -2.23. The molecule has 3 N–H and O–H groups in total. The van der Waals surface area contributed by atoms with Gasteiger partial charge in [-0.1, -0.05) is 23.7 Å². The minimum Gasteiger partial charge on any atom is -0.378 e. The number of hydrogen-bond acceptors (Lipinski definition) is 6. The zero-order valence-corrected chi connectivity index (χ0v) is 20.0. The molecule has 34 heavy (non-hydrogen) atoms. The van der Waals surface area contributed by atoms with Gasteiger partial charge >= 0.3 is 0 Å². The molecule has 176 valence electrons. The highest BCUT2D eigenvalue weighted by atomic mass is 35.5. The molecule has 2 heterocycles. The molecule has 10 heteroatoms. The van der Waals surface area contributed by atoms with Crippen molar-refractivity contribution in [3.63, 3.8) is 0 Å². The molecule has 1 amide bonds. The van der Waals surface area contributed by atoms with Gasteiger partial charge in [-0.2, -0.15) is 9.50 Å². The first-order valence-corrected chi connectivity index (χ1v) is 11.2. The standard InChI is InChI=1S/C24H26ClN7O2/c1-15-20(12-13-21(33)28-18-8-10-19(11-9-18)31(2)3)22(34)32-24(27-15)29-23(30-32)26-14-16-4-6-17(25)7-5-16/h4-11H,12-14H2,1-3H3,(H,28,33)(H2,26,27,29,30). The zero-order valence-electron chi connectivity index (χ0n) is 19.2. The van der Waals surface area contributed by atoms with Crippen LogP contribution in [0, 0.1) is 6.92 Å². The minimum absolute atomic E-state index is 0.162. The second-order valence-corrected chi connectivity index (χ2v) is 8.59. The molecular formula is C24H26ClN7O2. The summed E-state index contributed by atoms with van der Waals surface area (Å²) in [5, 5.41) is 9.63. The molecule has 0 spiro atoms. The summed E-state index contributed by atoms with van der Waals surface area (Å²) in [6.45, 7) is 2.26. The van der Waals surface area contributed by atoms with E-state index in [-0.39, 0.29) is 30.1 Å². The van der Waals surface area contributed by atoms with Gasteiger partial charge in [0.25, 0.3) is 11.3 Å². The Labute approximate surface area is 201 Å². The van der Waals surface area contributed by atoms with Gasteiger partial charge in [0.2, 0.25) is 11.9 Å². The number of carbonyl (C=O) groups excluding carboxylic acids is 1. The first kappa shape index (κ1) is 23.3. The van der Waals surface area contributed by atoms with E-state index in [0.717, 1.165) is 11.3 Å². The molecule has 0 radical (unpaired) electrons. The van der Waals surface area contributed by atoms with Crippen molar-refractivity contribution in [2.24, 2.45) is 0 Å². The summed E-state index contributed by atoms with van der Waals surface area (Å²) in [5.74, 6) is 0.529. The Morgan fingerprint density at radius 2 is 1.79 bits per heavy atom. The first-order valence-electron chi connectivity index (χ1n) is 10.8. The Morgan fingerprint density at radius 1 is 1.09 bits per heavy atom. The maximum Gasteiger partial charge on any atom is 0.277 e. The van der Waals surface area contributed by atoms with Crippen molar-refractivity contribution in [2.45, 2.75) is 26.3 Å². The maximum absolute atomic E-state index is 13.0. The number of fused-ring (bicyclic) bond motifs is 1. The number of amides is 1. The Morgan fingerprint density at radius 3 is 2.47 bits per heavy atom. The van der Waals surface area contributed by atoms with Crippen LogP contribution in [-0.2, 0) is 17.8 Å². The smallest absolute Gasteiger partial charge is 0.277 e. The Kier molecular flexibility index (Phi) is 6.83. The van der Waals surface area contributed by atoms with Gasteiger partial charge in [0.05, 0.1) is 5.69 Å². The predicted octanol–water partition coefficient (Wildman–Crippen LogP) is 3.63. The van der Waals surface area contributed by atoms with Crippen molar-refractivity contribution < 1.29 is 4.79 Å². The number of nitrogens with zero attached hydrogens (tertiary/aromatic N) is 4. The number of aryl methyl sites for hydroxylation is 1. The number of aromatic nitrogens is 4. The van der Waals surface area contributed by atoms with Crippen LogP contribution in [0.4, 0.5) is 17.3 Å². The normalized spacial score (nSPS) is 10.9. The Bertz CT molecular complexity index is 1360. The lowest BCUT2D eigenvalue weighted by atomic mass is 10.1.